The first kappa shape index (κ1) is 13.1. The average Bonchev–Trinajstić information content (AvgIpc) is 2.37. The van der Waals surface area contributed by atoms with Crippen LogP contribution in [0.1, 0.15) is 0 Å². The van der Waals surface area contributed by atoms with Crippen molar-refractivity contribution in [2.45, 2.75) is 0 Å². The van der Waals surface area contributed by atoms with Crippen LogP contribution in [0.4, 0.5) is 11.6 Å². The molecule has 0 aliphatic heterocycles. The van der Waals surface area contributed by atoms with Crippen LogP contribution in [0.15, 0.2) is 12.4 Å². The molecule has 0 aliphatic carbocycles. The molecule has 8 nitrogen and oxygen atoms in total. The summed E-state index contributed by atoms with van der Waals surface area (Å²) in [6.45, 7) is 1.08. The quantitative estimate of drug-likeness (QED) is 0.273. The van der Waals surface area contributed by atoms with E-state index in [4.69, 9.17) is 10.6 Å². The lowest BCUT2D eigenvalue weighted by atomic mass is 10.5. The van der Waals surface area contributed by atoms with Crippen LogP contribution in [0.5, 0.6) is 0 Å². The van der Waals surface area contributed by atoms with Gasteiger partial charge in [-0.3, -0.25) is 9.78 Å². The van der Waals surface area contributed by atoms with Crippen molar-refractivity contribution in [3.63, 3.8) is 0 Å². The highest BCUT2D eigenvalue weighted by Gasteiger charge is 2.01. The predicted molar refractivity (Wildman–Crippen MR) is 63.2 cm³/mol. The number of amides is 1. The van der Waals surface area contributed by atoms with Crippen LogP contribution in [-0.4, -0.2) is 42.7 Å². The van der Waals surface area contributed by atoms with E-state index in [2.05, 4.69) is 26.0 Å². The number of hydrogen-bond donors (Lipinski definition) is 4. The zero-order chi connectivity index (χ0) is 12.5. The van der Waals surface area contributed by atoms with E-state index in [0.717, 1.165) is 0 Å². The van der Waals surface area contributed by atoms with Gasteiger partial charge in [-0.15, -0.1) is 0 Å². The number of nitrogen functional groups attached to an aromatic ring is 1. The zero-order valence-corrected chi connectivity index (χ0v) is 9.56. The Labute approximate surface area is 98.9 Å². The first-order valence-corrected chi connectivity index (χ1v) is 5.04. The maximum atomic E-state index is 11.3. The Kier molecular flexibility index (Phi) is 5.69. The smallest absolute Gasteiger partial charge is 0.239 e. The molecular weight excluding hydrogens is 224 g/mol. The molecule has 1 rings (SSSR count). The third-order valence-corrected chi connectivity index (χ3v) is 1.84. The second kappa shape index (κ2) is 7.36. The number of ether oxygens (including phenoxy) is 1. The van der Waals surface area contributed by atoms with Crippen LogP contribution in [0, 0.1) is 0 Å². The number of hydrazine groups is 1. The Hall–Kier alpha value is -1.93. The van der Waals surface area contributed by atoms with Gasteiger partial charge in [0.05, 0.1) is 25.5 Å². The minimum atomic E-state index is -0.144. The number of nitrogens with one attached hydrogen (secondary N) is 3. The van der Waals surface area contributed by atoms with Crippen molar-refractivity contribution in [2.24, 2.45) is 5.84 Å². The molecule has 0 spiro atoms. The molecule has 0 radical (unpaired) electrons. The van der Waals surface area contributed by atoms with Crippen molar-refractivity contribution in [3.8, 4) is 0 Å². The van der Waals surface area contributed by atoms with Crippen LogP contribution in [0.2, 0.25) is 0 Å². The number of carbonyl (C=O) groups excluding carboxylic acids is 1. The Morgan fingerprint density at radius 3 is 2.94 bits per heavy atom. The van der Waals surface area contributed by atoms with E-state index < -0.39 is 0 Å². The summed E-state index contributed by atoms with van der Waals surface area (Å²) in [5.74, 6) is 5.94. The Morgan fingerprint density at radius 1 is 1.47 bits per heavy atom. The number of methoxy groups -OCH3 is 1. The van der Waals surface area contributed by atoms with Gasteiger partial charge in [-0.1, -0.05) is 0 Å². The molecule has 1 amide bonds. The summed E-state index contributed by atoms with van der Waals surface area (Å²) in [7, 11) is 1.57. The van der Waals surface area contributed by atoms with Crippen LogP contribution in [0.3, 0.4) is 0 Å². The molecule has 0 fully saturated rings. The lowest BCUT2D eigenvalue weighted by Gasteiger charge is -2.07. The molecule has 1 aromatic heterocycles. The van der Waals surface area contributed by atoms with Gasteiger partial charge in [0.15, 0.2) is 5.82 Å². The predicted octanol–water partition coefficient (Wildman–Crippen LogP) is -1.06. The average molecular weight is 240 g/mol. The summed E-state index contributed by atoms with van der Waals surface area (Å²) in [5, 5.41) is 5.49. The summed E-state index contributed by atoms with van der Waals surface area (Å²) in [5.41, 5.74) is 2.37. The van der Waals surface area contributed by atoms with Gasteiger partial charge in [0, 0.05) is 13.7 Å². The third kappa shape index (κ3) is 5.09. The van der Waals surface area contributed by atoms with E-state index in [9.17, 15) is 4.79 Å². The van der Waals surface area contributed by atoms with Crippen molar-refractivity contribution in [2.75, 3.05) is 37.5 Å². The number of nitrogens with zero attached hydrogens (tertiary/aromatic N) is 2. The summed E-state index contributed by atoms with van der Waals surface area (Å²) in [6, 6.07) is 0. The fourth-order valence-electron chi connectivity index (χ4n) is 1.05. The Morgan fingerprint density at radius 2 is 2.24 bits per heavy atom. The Balaban J connectivity index is 2.31. The second-order valence-corrected chi connectivity index (χ2v) is 3.13. The SMILES string of the molecule is COCCNC(=O)CNc1cncc(NN)n1. The van der Waals surface area contributed by atoms with Crippen molar-refractivity contribution < 1.29 is 9.53 Å². The number of anilines is 2. The first-order valence-electron chi connectivity index (χ1n) is 5.04. The highest BCUT2D eigenvalue weighted by atomic mass is 16.5. The zero-order valence-electron chi connectivity index (χ0n) is 9.56. The topological polar surface area (TPSA) is 114 Å². The van der Waals surface area contributed by atoms with E-state index >= 15 is 0 Å². The molecule has 0 aliphatic rings. The highest BCUT2D eigenvalue weighted by molar-refractivity contribution is 5.80. The van der Waals surface area contributed by atoms with Crippen LogP contribution in [-0.2, 0) is 9.53 Å². The second-order valence-electron chi connectivity index (χ2n) is 3.13. The third-order valence-electron chi connectivity index (χ3n) is 1.84. The van der Waals surface area contributed by atoms with Crippen molar-refractivity contribution in [1.82, 2.24) is 15.3 Å². The van der Waals surface area contributed by atoms with Crippen molar-refractivity contribution in [3.05, 3.63) is 12.4 Å². The number of carbonyl (C=O) groups is 1. The van der Waals surface area contributed by atoms with E-state index in [0.29, 0.717) is 24.8 Å². The summed E-state index contributed by atoms with van der Waals surface area (Å²) >= 11 is 0. The molecule has 0 bridgehead atoms. The van der Waals surface area contributed by atoms with Gasteiger partial charge in [-0.25, -0.2) is 10.8 Å². The minimum Gasteiger partial charge on any atom is -0.383 e. The Bertz CT molecular complexity index is 359. The largest absolute Gasteiger partial charge is 0.383 e. The van der Waals surface area contributed by atoms with Gasteiger partial charge in [-0.2, -0.15) is 0 Å². The van der Waals surface area contributed by atoms with Crippen LogP contribution < -0.4 is 21.9 Å². The fourth-order valence-corrected chi connectivity index (χ4v) is 1.05. The molecule has 8 heteroatoms. The van der Waals surface area contributed by atoms with E-state index in [1.165, 1.54) is 12.4 Å². The van der Waals surface area contributed by atoms with E-state index in [1.807, 2.05) is 0 Å². The summed E-state index contributed by atoms with van der Waals surface area (Å²) in [6.07, 6.45) is 2.98. The highest BCUT2D eigenvalue weighted by Crippen LogP contribution is 2.03. The lowest BCUT2D eigenvalue weighted by molar-refractivity contribution is -0.119. The number of rotatable bonds is 7. The van der Waals surface area contributed by atoms with Gasteiger partial charge in [0.1, 0.15) is 5.82 Å². The molecule has 17 heavy (non-hydrogen) atoms. The minimum absolute atomic E-state index is 0.117. The lowest BCUT2D eigenvalue weighted by Crippen LogP contribution is -2.32. The maximum Gasteiger partial charge on any atom is 0.239 e. The molecule has 0 saturated heterocycles. The molecule has 5 N–H and O–H groups in total. The molecule has 0 saturated carbocycles. The van der Waals surface area contributed by atoms with Gasteiger partial charge < -0.3 is 20.8 Å². The molecule has 0 unspecified atom stereocenters. The molecule has 0 aromatic carbocycles. The molecule has 0 atom stereocenters. The number of aromatic nitrogens is 2. The summed E-state index contributed by atoms with van der Waals surface area (Å²) < 4.78 is 4.81. The van der Waals surface area contributed by atoms with Gasteiger partial charge in [-0.05, 0) is 0 Å². The van der Waals surface area contributed by atoms with Crippen molar-refractivity contribution in [1.29, 1.82) is 0 Å². The first-order chi connectivity index (χ1) is 8.26. The van der Waals surface area contributed by atoms with Crippen molar-refractivity contribution >= 4 is 17.5 Å². The van der Waals surface area contributed by atoms with Gasteiger partial charge >= 0.3 is 0 Å². The van der Waals surface area contributed by atoms with Gasteiger partial charge in [0.2, 0.25) is 5.91 Å². The monoisotopic (exact) mass is 240 g/mol. The fraction of sp³-hybridized carbons (Fsp3) is 0.444. The van der Waals surface area contributed by atoms with Crippen LogP contribution in [0.25, 0.3) is 0 Å². The standard InChI is InChI=1S/C9H16N6O2/c1-17-3-2-12-9(16)6-13-7-4-11-5-8(14-7)15-10/h4-5H,2-3,6,10H2,1H3,(H,12,16)(H2,13,14,15). The normalized spacial score (nSPS) is 9.76. The summed E-state index contributed by atoms with van der Waals surface area (Å²) in [4.78, 5) is 19.3. The molecule has 1 heterocycles. The number of nitrogens with two attached hydrogens (primary N) is 1. The van der Waals surface area contributed by atoms with Gasteiger partial charge in [0.25, 0.3) is 0 Å². The number of hydrogen-bond acceptors (Lipinski definition) is 7. The molecular formula is C9H16N6O2. The van der Waals surface area contributed by atoms with E-state index in [-0.39, 0.29) is 12.5 Å². The molecule has 94 valence electrons. The maximum absolute atomic E-state index is 11.3. The molecule has 1 aromatic rings. The van der Waals surface area contributed by atoms with Crippen LogP contribution >= 0.6 is 0 Å². The van der Waals surface area contributed by atoms with E-state index in [1.54, 1.807) is 7.11 Å².